The van der Waals surface area contributed by atoms with Crippen molar-refractivity contribution in [2.24, 2.45) is 5.73 Å². The number of rotatable bonds is 2. The number of benzene rings is 1. The lowest BCUT2D eigenvalue weighted by atomic mass is 10.0. The number of aromatic nitrogens is 1. The zero-order valence-electron chi connectivity index (χ0n) is 11.0. The molecule has 0 aliphatic rings. The highest BCUT2D eigenvalue weighted by molar-refractivity contribution is 5.62. The van der Waals surface area contributed by atoms with Crippen molar-refractivity contribution in [2.75, 3.05) is 0 Å². The molecule has 0 saturated carbocycles. The highest BCUT2D eigenvalue weighted by Gasteiger charge is 2.37. The molecule has 118 valence electrons. The molecule has 2 nitrogen and oxygen atoms in total. The van der Waals surface area contributed by atoms with Crippen LogP contribution in [0.2, 0.25) is 0 Å². The smallest absolute Gasteiger partial charge is 0.325 e. The van der Waals surface area contributed by atoms with Crippen molar-refractivity contribution in [1.29, 1.82) is 0 Å². The van der Waals surface area contributed by atoms with E-state index in [0.717, 1.165) is 0 Å². The van der Waals surface area contributed by atoms with Gasteiger partial charge in [0.05, 0.1) is 22.5 Å². The number of hydrogen-bond acceptors (Lipinski definition) is 2. The van der Waals surface area contributed by atoms with Gasteiger partial charge in [-0.3, -0.25) is 4.98 Å². The van der Waals surface area contributed by atoms with Crippen molar-refractivity contribution < 1.29 is 26.3 Å². The minimum atomic E-state index is -4.89. The molecule has 0 spiro atoms. The molecular formula is C14H10F6N2. The van der Waals surface area contributed by atoms with Crippen LogP contribution in [-0.2, 0) is 18.9 Å². The topological polar surface area (TPSA) is 38.9 Å². The lowest BCUT2D eigenvalue weighted by Crippen LogP contribution is -2.11. The van der Waals surface area contributed by atoms with Crippen molar-refractivity contribution in [2.45, 2.75) is 18.9 Å². The molecule has 0 atom stereocenters. The number of nitrogens with two attached hydrogens (primary N) is 1. The van der Waals surface area contributed by atoms with E-state index in [9.17, 15) is 26.3 Å². The van der Waals surface area contributed by atoms with E-state index in [0.29, 0.717) is 17.8 Å². The third-order valence-corrected chi connectivity index (χ3v) is 2.90. The Morgan fingerprint density at radius 3 is 1.86 bits per heavy atom. The fourth-order valence-electron chi connectivity index (χ4n) is 1.86. The highest BCUT2D eigenvalue weighted by atomic mass is 19.4. The van der Waals surface area contributed by atoms with Crippen molar-refractivity contribution in [3.63, 3.8) is 0 Å². The molecule has 0 saturated heterocycles. The summed E-state index contributed by atoms with van der Waals surface area (Å²) in [5, 5.41) is 0. The van der Waals surface area contributed by atoms with Gasteiger partial charge in [0.1, 0.15) is 0 Å². The maximum atomic E-state index is 12.8. The van der Waals surface area contributed by atoms with Crippen LogP contribution in [0.25, 0.3) is 11.3 Å². The van der Waals surface area contributed by atoms with Gasteiger partial charge in [-0.05, 0) is 30.3 Å². The van der Waals surface area contributed by atoms with Crippen molar-refractivity contribution >= 4 is 0 Å². The minimum Gasteiger partial charge on any atom is -0.325 e. The molecule has 0 radical (unpaired) electrons. The summed E-state index contributed by atoms with van der Waals surface area (Å²) in [7, 11) is 0. The number of alkyl halides is 6. The van der Waals surface area contributed by atoms with Gasteiger partial charge < -0.3 is 5.73 Å². The van der Waals surface area contributed by atoms with Gasteiger partial charge >= 0.3 is 12.4 Å². The second-order valence-electron chi connectivity index (χ2n) is 4.51. The van der Waals surface area contributed by atoms with Crippen molar-refractivity contribution in [3.05, 3.63) is 53.2 Å². The van der Waals surface area contributed by atoms with Crippen LogP contribution < -0.4 is 5.73 Å². The summed E-state index contributed by atoms with van der Waals surface area (Å²) < 4.78 is 76.7. The second kappa shape index (κ2) is 5.60. The van der Waals surface area contributed by atoms with Crippen LogP contribution in [0.4, 0.5) is 26.3 Å². The molecule has 0 bridgehead atoms. The Morgan fingerprint density at radius 1 is 0.864 bits per heavy atom. The van der Waals surface area contributed by atoms with Crippen LogP contribution in [-0.4, -0.2) is 4.98 Å². The molecule has 0 aliphatic carbocycles. The van der Waals surface area contributed by atoms with Gasteiger partial charge in [0.25, 0.3) is 0 Å². The van der Waals surface area contributed by atoms with Gasteiger partial charge in [0, 0.05) is 12.1 Å². The van der Waals surface area contributed by atoms with Gasteiger partial charge in [-0.2, -0.15) is 26.3 Å². The molecule has 1 heterocycles. The molecule has 22 heavy (non-hydrogen) atoms. The van der Waals surface area contributed by atoms with E-state index in [-0.39, 0.29) is 23.9 Å². The lowest BCUT2D eigenvalue weighted by Gasteiger charge is -2.14. The Bertz CT molecular complexity index is 644. The molecule has 0 unspecified atom stereocenters. The quantitative estimate of drug-likeness (QED) is 0.840. The van der Waals surface area contributed by atoms with Gasteiger partial charge in [-0.1, -0.05) is 6.07 Å². The normalized spacial score (nSPS) is 12.5. The summed E-state index contributed by atoms with van der Waals surface area (Å²) in [5.41, 5.74) is 2.72. The molecular weight excluding hydrogens is 310 g/mol. The monoisotopic (exact) mass is 320 g/mol. The van der Waals surface area contributed by atoms with E-state index < -0.39 is 23.5 Å². The van der Waals surface area contributed by atoms with E-state index in [1.54, 1.807) is 0 Å². The van der Waals surface area contributed by atoms with E-state index in [1.807, 2.05) is 0 Å². The van der Waals surface area contributed by atoms with E-state index in [2.05, 4.69) is 4.98 Å². The molecule has 0 aliphatic heterocycles. The first-order valence-electron chi connectivity index (χ1n) is 6.07. The Balaban J connectivity index is 2.64. The van der Waals surface area contributed by atoms with Crippen LogP contribution in [0, 0.1) is 0 Å². The molecule has 0 fully saturated rings. The Morgan fingerprint density at radius 2 is 1.41 bits per heavy atom. The molecule has 8 heteroatoms. The molecule has 2 rings (SSSR count). The molecule has 1 aromatic heterocycles. The average molecular weight is 320 g/mol. The van der Waals surface area contributed by atoms with Crippen LogP contribution >= 0.6 is 0 Å². The maximum absolute atomic E-state index is 12.8. The van der Waals surface area contributed by atoms with Crippen LogP contribution in [0.3, 0.4) is 0 Å². The van der Waals surface area contributed by atoms with Gasteiger partial charge in [0.2, 0.25) is 0 Å². The Labute approximate surface area is 121 Å². The van der Waals surface area contributed by atoms with E-state index in [1.165, 1.54) is 18.2 Å². The summed E-state index contributed by atoms with van der Waals surface area (Å²) in [5.74, 6) is 0. The van der Waals surface area contributed by atoms with Gasteiger partial charge in [-0.25, -0.2) is 0 Å². The molecule has 2 aromatic rings. The molecule has 0 amide bonds. The minimum absolute atomic E-state index is 0.000417. The number of pyridine rings is 1. The fourth-order valence-corrected chi connectivity index (χ4v) is 1.86. The second-order valence-corrected chi connectivity index (χ2v) is 4.51. The first-order chi connectivity index (χ1) is 10.1. The third kappa shape index (κ3) is 3.56. The first kappa shape index (κ1) is 16.3. The first-order valence-corrected chi connectivity index (χ1v) is 6.07. The number of halogens is 6. The fraction of sp³-hybridized carbons (Fsp3) is 0.214. The summed E-state index contributed by atoms with van der Waals surface area (Å²) in [4.78, 5) is 3.95. The Hall–Kier alpha value is -2.09. The summed E-state index contributed by atoms with van der Waals surface area (Å²) in [6.07, 6.45) is -9.77. The SMILES string of the molecule is NCc1cccc(-c2cc(C(F)(F)F)cc(C(F)(F)F)c2)n1. The third-order valence-electron chi connectivity index (χ3n) is 2.90. The predicted octanol–water partition coefficient (Wildman–Crippen LogP) is 4.24. The number of hydrogen-bond donors (Lipinski definition) is 1. The maximum Gasteiger partial charge on any atom is 0.416 e. The summed E-state index contributed by atoms with van der Waals surface area (Å²) in [6.45, 7) is 0.0267. The Kier molecular flexibility index (Phi) is 4.15. The van der Waals surface area contributed by atoms with E-state index in [4.69, 9.17) is 5.73 Å². The van der Waals surface area contributed by atoms with Crippen LogP contribution in [0.5, 0.6) is 0 Å². The average Bonchev–Trinajstić information content (AvgIpc) is 2.45. The predicted molar refractivity (Wildman–Crippen MR) is 67.6 cm³/mol. The van der Waals surface area contributed by atoms with Crippen LogP contribution in [0.1, 0.15) is 16.8 Å². The lowest BCUT2D eigenvalue weighted by molar-refractivity contribution is -0.143. The zero-order chi connectivity index (χ0) is 16.5. The number of nitrogens with zero attached hydrogens (tertiary/aromatic N) is 1. The standard InChI is InChI=1S/C14H10F6N2/c15-13(16,17)9-4-8(5-10(6-9)14(18,19)20)12-3-1-2-11(7-21)22-12/h1-6H,7,21H2. The van der Waals surface area contributed by atoms with Gasteiger partial charge in [-0.15, -0.1) is 0 Å². The summed E-state index contributed by atoms with van der Waals surface area (Å²) >= 11 is 0. The largest absolute Gasteiger partial charge is 0.416 e. The van der Waals surface area contributed by atoms with E-state index >= 15 is 0 Å². The summed E-state index contributed by atoms with van der Waals surface area (Å²) in [6, 6.07) is 5.68. The van der Waals surface area contributed by atoms with Gasteiger partial charge in [0.15, 0.2) is 0 Å². The van der Waals surface area contributed by atoms with Crippen molar-refractivity contribution in [1.82, 2.24) is 4.98 Å². The van der Waals surface area contributed by atoms with Crippen LogP contribution in [0.15, 0.2) is 36.4 Å². The zero-order valence-corrected chi connectivity index (χ0v) is 11.0. The molecule has 2 N–H and O–H groups in total. The van der Waals surface area contributed by atoms with Crippen molar-refractivity contribution in [3.8, 4) is 11.3 Å². The molecule has 1 aromatic carbocycles. The highest BCUT2D eigenvalue weighted by Crippen LogP contribution is 2.38.